The van der Waals surface area contributed by atoms with Crippen molar-refractivity contribution in [3.05, 3.63) is 57.2 Å². The monoisotopic (exact) mass is 377 g/mol. The highest BCUT2D eigenvalue weighted by Crippen LogP contribution is 2.23. The lowest BCUT2D eigenvalue weighted by molar-refractivity contribution is -0.123. The molecule has 0 unspecified atom stereocenters. The Labute approximate surface area is 158 Å². The van der Waals surface area contributed by atoms with Crippen LogP contribution in [0.4, 0.5) is 0 Å². The van der Waals surface area contributed by atoms with E-state index in [9.17, 15) is 4.79 Å². The molecule has 4 nitrogen and oxygen atoms in total. The number of thiophene rings is 1. The Bertz CT molecular complexity index is 683. The highest BCUT2D eigenvalue weighted by Gasteiger charge is 2.20. The number of rotatable bonds is 6. The van der Waals surface area contributed by atoms with Gasteiger partial charge in [0.25, 0.3) is 0 Å². The van der Waals surface area contributed by atoms with Crippen molar-refractivity contribution in [2.24, 2.45) is 0 Å². The maximum absolute atomic E-state index is 12.3. The summed E-state index contributed by atoms with van der Waals surface area (Å²) in [6.45, 7) is 7.25. The van der Waals surface area contributed by atoms with E-state index in [-0.39, 0.29) is 11.9 Å². The maximum atomic E-state index is 12.3. The average molecular weight is 378 g/mol. The number of hydrogen-bond acceptors (Lipinski definition) is 4. The molecule has 1 fully saturated rings. The van der Waals surface area contributed by atoms with Gasteiger partial charge in [-0.25, -0.2) is 0 Å². The van der Waals surface area contributed by atoms with Gasteiger partial charge in [-0.2, -0.15) is 0 Å². The van der Waals surface area contributed by atoms with Gasteiger partial charge < -0.3 is 5.32 Å². The van der Waals surface area contributed by atoms with Crippen LogP contribution < -0.4 is 5.32 Å². The lowest BCUT2D eigenvalue weighted by Crippen LogP contribution is -2.49. The summed E-state index contributed by atoms with van der Waals surface area (Å²) in [5, 5.41) is 3.09. The normalized spacial score (nSPS) is 17.4. The van der Waals surface area contributed by atoms with Crippen molar-refractivity contribution in [3.63, 3.8) is 0 Å². The summed E-state index contributed by atoms with van der Waals surface area (Å²) in [5.74, 6) is 0.0924. The zero-order valence-electron chi connectivity index (χ0n) is 14.5. The van der Waals surface area contributed by atoms with Crippen LogP contribution in [0.25, 0.3) is 0 Å². The molecule has 1 amide bonds. The number of benzene rings is 1. The number of carbonyl (C=O) groups is 1. The Hall–Kier alpha value is -1.40. The van der Waals surface area contributed by atoms with Gasteiger partial charge in [0, 0.05) is 37.6 Å². The number of piperazine rings is 1. The highest BCUT2D eigenvalue weighted by atomic mass is 35.5. The Kier molecular flexibility index (Phi) is 6.48. The van der Waals surface area contributed by atoms with Gasteiger partial charge >= 0.3 is 0 Å². The second-order valence-corrected chi connectivity index (χ2v) is 8.26. The van der Waals surface area contributed by atoms with Crippen LogP contribution in [0.2, 0.25) is 4.34 Å². The Morgan fingerprint density at radius 1 is 1.12 bits per heavy atom. The fourth-order valence-electron chi connectivity index (χ4n) is 3.08. The fourth-order valence-corrected chi connectivity index (χ4v) is 4.21. The van der Waals surface area contributed by atoms with E-state index >= 15 is 0 Å². The maximum Gasteiger partial charge on any atom is 0.234 e. The van der Waals surface area contributed by atoms with Crippen LogP contribution in [-0.4, -0.2) is 48.4 Å². The SMILES string of the molecule is C[C@H](NC(=O)CN1CCN(Cc2ccc(Cl)s2)CC1)c1ccccc1. The second kappa shape index (κ2) is 8.81. The summed E-state index contributed by atoms with van der Waals surface area (Å²) in [6.07, 6.45) is 0. The quantitative estimate of drug-likeness (QED) is 0.838. The predicted octanol–water partition coefficient (Wildman–Crippen LogP) is 3.40. The van der Waals surface area contributed by atoms with Gasteiger partial charge in [-0.05, 0) is 24.6 Å². The van der Waals surface area contributed by atoms with Crippen molar-refractivity contribution in [1.29, 1.82) is 0 Å². The third-order valence-corrected chi connectivity index (χ3v) is 5.73. The number of hydrogen-bond donors (Lipinski definition) is 1. The molecule has 2 heterocycles. The molecule has 134 valence electrons. The van der Waals surface area contributed by atoms with E-state index in [4.69, 9.17) is 11.6 Å². The predicted molar refractivity (Wildman–Crippen MR) is 104 cm³/mol. The van der Waals surface area contributed by atoms with Crippen molar-refractivity contribution in [1.82, 2.24) is 15.1 Å². The fraction of sp³-hybridized carbons (Fsp3) is 0.421. The third kappa shape index (κ3) is 5.54. The largest absolute Gasteiger partial charge is 0.348 e. The van der Waals surface area contributed by atoms with Gasteiger partial charge in [0.05, 0.1) is 16.9 Å². The minimum absolute atomic E-state index is 0.0403. The van der Waals surface area contributed by atoms with E-state index in [1.165, 1.54) is 4.88 Å². The smallest absolute Gasteiger partial charge is 0.234 e. The van der Waals surface area contributed by atoms with E-state index in [2.05, 4.69) is 21.2 Å². The molecule has 0 spiro atoms. The van der Waals surface area contributed by atoms with Crippen LogP contribution >= 0.6 is 22.9 Å². The Morgan fingerprint density at radius 3 is 2.44 bits per heavy atom. The van der Waals surface area contributed by atoms with Crippen LogP contribution in [0.1, 0.15) is 23.4 Å². The van der Waals surface area contributed by atoms with Gasteiger partial charge in [0.1, 0.15) is 0 Å². The molecule has 0 bridgehead atoms. The number of halogens is 1. The van der Waals surface area contributed by atoms with E-state index in [1.807, 2.05) is 43.3 Å². The number of amides is 1. The molecule has 0 radical (unpaired) electrons. The molecule has 1 aromatic heterocycles. The Balaban J connectivity index is 1.40. The molecule has 1 aromatic carbocycles. The minimum Gasteiger partial charge on any atom is -0.348 e. The first kappa shape index (κ1) is 18.4. The number of nitrogens with one attached hydrogen (secondary N) is 1. The summed E-state index contributed by atoms with van der Waals surface area (Å²) in [7, 11) is 0. The first-order valence-electron chi connectivity index (χ1n) is 8.63. The molecule has 1 aliphatic rings. The van der Waals surface area contributed by atoms with Crippen LogP contribution in [-0.2, 0) is 11.3 Å². The van der Waals surface area contributed by atoms with E-state index in [0.29, 0.717) is 6.54 Å². The van der Waals surface area contributed by atoms with Gasteiger partial charge in [-0.15, -0.1) is 11.3 Å². The molecule has 1 N–H and O–H groups in total. The highest BCUT2D eigenvalue weighted by molar-refractivity contribution is 7.16. The second-order valence-electron chi connectivity index (χ2n) is 6.46. The zero-order chi connectivity index (χ0) is 17.6. The summed E-state index contributed by atoms with van der Waals surface area (Å²) < 4.78 is 0.845. The van der Waals surface area contributed by atoms with E-state index < -0.39 is 0 Å². The van der Waals surface area contributed by atoms with Gasteiger partial charge in [0.2, 0.25) is 5.91 Å². The van der Waals surface area contributed by atoms with Crippen LogP contribution in [0.15, 0.2) is 42.5 Å². The first-order valence-corrected chi connectivity index (χ1v) is 9.83. The molecule has 0 saturated carbocycles. The standard InChI is InChI=1S/C19H24ClN3OS/c1-15(16-5-3-2-4-6-16)21-19(24)14-23-11-9-22(10-12-23)13-17-7-8-18(20)25-17/h2-8,15H,9-14H2,1H3,(H,21,24)/t15-/m0/s1. The van der Waals surface area contributed by atoms with Crippen molar-refractivity contribution in [2.75, 3.05) is 32.7 Å². The van der Waals surface area contributed by atoms with Crippen molar-refractivity contribution < 1.29 is 4.79 Å². The molecule has 3 rings (SSSR count). The summed E-state index contributed by atoms with van der Waals surface area (Å²) in [6, 6.07) is 14.2. The molecule has 1 saturated heterocycles. The molecular weight excluding hydrogens is 354 g/mol. The van der Waals surface area contributed by atoms with Crippen molar-refractivity contribution >= 4 is 28.8 Å². The number of carbonyl (C=O) groups excluding carboxylic acids is 1. The molecule has 2 aromatic rings. The molecule has 0 aliphatic carbocycles. The van der Waals surface area contributed by atoms with Crippen molar-refractivity contribution in [3.8, 4) is 0 Å². The summed E-state index contributed by atoms with van der Waals surface area (Å²) >= 11 is 7.64. The van der Waals surface area contributed by atoms with Crippen molar-refractivity contribution in [2.45, 2.75) is 19.5 Å². The molecule has 25 heavy (non-hydrogen) atoms. The topological polar surface area (TPSA) is 35.6 Å². The van der Waals surface area contributed by atoms with Crippen LogP contribution in [0.3, 0.4) is 0 Å². The molecule has 1 aliphatic heterocycles. The summed E-state index contributed by atoms with van der Waals surface area (Å²) in [5.41, 5.74) is 1.13. The molecule has 6 heteroatoms. The first-order chi connectivity index (χ1) is 12.1. The van der Waals surface area contributed by atoms with Gasteiger partial charge in [0.15, 0.2) is 0 Å². The van der Waals surface area contributed by atoms with Gasteiger partial charge in [-0.3, -0.25) is 14.6 Å². The van der Waals surface area contributed by atoms with Crippen LogP contribution in [0.5, 0.6) is 0 Å². The Morgan fingerprint density at radius 2 is 1.80 bits per heavy atom. The third-order valence-electron chi connectivity index (χ3n) is 4.52. The number of nitrogens with zero attached hydrogens (tertiary/aromatic N) is 2. The zero-order valence-corrected chi connectivity index (χ0v) is 16.0. The lowest BCUT2D eigenvalue weighted by Gasteiger charge is -2.34. The summed E-state index contributed by atoms with van der Waals surface area (Å²) in [4.78, 5) is 18.2. The lowest BCUT2D eigenvalue weighted by atomic mass is 10.1. The average Bonchev–Trinajstić information content (AvgIpc) is 3.02. The van der Waals surface area contributed by atoms with Gasteiger partial charge in [-0.1, -0.05) is 41.9 Å². The van der Waals surface area contributed by atoms with E-state index in [1.54, 1.807) is 11.3 Å². The van der Waals surface area contributed by atoms with Crippen LogP contribution in [0, 0.1) is 0 Å². The molecule has 1 atom stereocenters. The molecular formula is C19H24ClN3OS. The minimum atomic E-state index is 0.0403. The van der Waals surface area contributed by atoms with E-state index in [0.717, 1.165) is 42.6 Å².